The first-order chi connectivity index (χ1) is 36.6. The molecular formula is C68H108O11. The van der Waals surface area contributed by atoms with Crippen LogP contribution in [0, 0.1) is 46.3 Å². The van der Waals surface area contributed by atoms with Gasteiger partial charge in [0, 0.05) is 45.1 Å². The predicted molar refractivity (Wildman–Crippen MR) is 314 cm³/mol. The van der Waals surface area contributed by atoms with Gasteiger partial charge in [0.1, 0.15) is 28.0 Å². The molecule has 0 amide bonds. The third-order valence-corrected chi connectivity index (χ3v) is 20.5. The first-order valence-electron chi connectivity index (χ1n) is 30.8. The van der Waals surface area contributed by atoms with E-state index >= 15 is 0 Å². The summed E-state index contributed by atoms with van der Waals surface area (Å²) in [4.78, 5) is 58.3. The summed E-state index contributed by atoms with van der Waals surface area (Å²) in [6.45, 7) is 43.8. The zero-order valence-electron chi connectivity index (χ0n) is 51.9. The lowest BCUT2D eigenvalue weighted by molar-refractivity contribution is -0.217. The van der Waals surface area contributed by atoms with Gasteiger partial charge in [-0.05, 0) is 238 Å². The zero-order valence-corrected chi connectivity index (χ0v) is 51.9. The van der Waals surface area contributed by atoms with Crippen molar-refractivity contribution in [3.05, 3.63) is 60.8 Å². The smallest absolute Gasteiger partial charge is 0.333 e. The number of carbonyl (C=O) groups excluding carboxylic acids is 5. The summed E-state index contributed by atoms with van der Waals surface area (Å²) in [5.74, 6) is 2.92. The Hall–Kier alpha value is -3.99. The molecule has 11 aliphatic rings. The van der Waals surface area contributed by atoms with Crippen LogP contribution < -0.4 is 0 Å². The molecule has 3 atom stereocenters. The van der Waals surface area contributed by atoms with Crippen molar-refractivity contribution in [3.63, 3.8) is 0 Å². The maximum absolute atomic E-state index is 12.1. The zero-order chi connectivity index (χ0) is 59.2. The lowest BCUT2D eigenvalue weighted by Gasteiger charge is -2.62. The molecule has 1 N–H and O–H groups in total. The first-order valence-corrected chi connectivity index (χ1v) is 30.8. The molecule has 0 aromatic rings. The van der Waals surface area contributed by atoms with Crippen molar-refractivity contribution in [2.75, 3.05) is 0 Å². The van der Waals surface area contributed by atoms with E-state index in [1.807, 2.05) is 0 Å². The largest absolute Gasteiger partial charge is 0.456 e. The molecule has 11 rings (SSSR count). The standard InChI is InChI=1S/C18H28O2.C14H20O3.C13H22O2.C12H20O2.C11H18O2/c1-5-17(4,20-16(19)12(2)3)18-9-13-6-14(10-18)8-15(7-13)11-18;1-9(2)12(15)17-14-6-10-3-11(7-14)5-13(16,4-10)8-14;1-10(2)11(14)15-13(12(3,4)5)8-6-7-9-13;1-9(2)11(13)14-12(10(3)4)7-5-6-8-12;1-4-11(7-5-6-8-11)13-10(12)9(2)3/h13-15H,2,5-11H2,1,3-4H3;10-11,16H,1,3-8H2,2H3;1,6-9H2,2-5H3;10H,1,5-8H2,2-4H3;2,4-8H2,1,3H3. The van der Waals surface area contributed by atoms with Crippen LogP contribution in [0.3, 0.4) is 0 Å². The van der Waals surface area contributed by atoms with Gasteiger partial charge in [-0.15, -0.1) is 0 Å². The minimum absolute atomic E-state index is 0.00854. The molecule has 11 heteroatoms. The van der Waals surface area contributed by atoms with Crippen LogP contribution in [-0.4, -0.2) is 68.6 Å². The van der Waals surface area contributed by atoms with Gasteiger partial charge in [0.2, 0.25) is 0 Å². The fourth-order valence-corrected chi connectivity index (χ4v) is 16.2. The molecule has 0 aromatic carbocycles. The summed E-state index contributed by atoms with van der Waals surface area (Å²) >= 11 is 0. The highest BCUT2D eigenvalue weighted by Gasteiger charge is 2.61. The van der Waals surface area contributed by atoms with Crippen LogP contribution in [0.4, 0.5) is 0 Å². The maximum Gasteiger partial charge on any atom is 0.333 e. The minimum Gasteiger partial charge on any atom is -0.456 e. The van der Waals surface area contributed by atoms with Crippen molar-refractivity contribution in [1.29, 1.82) is 0 Å². The molecule has 0 aliphatic heterocycles. The van der Waals surface area contributed by atoms with Gasteiger partial charge in [0.25, 0.3) is 0 Å². The van der Waals surface area contributed by atoms with E-state index in [2.05, 4.69) is 88.3 Å². The number of rotatable bonds is 14. The molecule has 11 nitrogen and oxygen atoms in total. The SMILES string of the molecule is C=C(C)C(=O)OC(C)(CC)C12CC3CC(CC(C3)C1)C2.C=C(C)C(=O)OC1(C(C)(C)C)CCCC1.C=C(C)C(=O)OC1(C(C)C)CCCC1.C=C(C)C(=O)OC1(CC)CCCC1.C=C(C)C(=O)OC12CC3CC(CC(O)(C3)C1)C2. The fourth-order valence-electron chi connectivity index (χ4n) is 16.2. The third-order valence-electron chi connectivity index (χ3n) is 20.5. The van der Waals surface area contributed by atoms with Crippen LogP contribution >= 0.6 is 0 Å². The van der Waals surface area contributed by atoms with E-state index in [9.17, 15) is 29.1 Å². The van der Waals surface area contributed by atoms with Crippen molar-refractivity contribution in [1.82, 2.24) is 0 Å². The number of aliphatic hydroxyl groups is 1. The monoisotopic (exact) mass is 1100 g/mol. The molecule has 0 saturated heterocycles. The molecule has 446 valence electrons. The summed E-state index contributed by atoms with van der Waals surface area (Å²) in [7, 11) is 0. The number of hydrogen-bond acceptors (Lipinski definition) is 11. The van der Waals surface area contributed by atoms with Gasteiger partial charge in [-0.3, -0.25) is 0 Å². The van der Waals surface area contributed by atoms with Gasteiger partial charge in [-0.1, -0.05) is 81.4 Å². The van der Waals surface area contributed by atoms with Crippen LogP contribution in [0.2, 0.25) is 0 Å². The third kappa shape index (κ3) is 16.0. The van der Waals surface area contributed by atoms with Gasteiger partial charge >= 0.3 is 29.8 Å². The summed E-state index contributed by atoms with van der Waals surface area (Å²) < 4.78 is 28.4. The highest BCUT2D eigenvalue weighted by Crippen LogP contribution is 2.65. The Morgan fingerprint density at radius 2 is 0.886 bits per heavy atom. The number of ether oxygens (including phenoxy) is 5. The second kappa shape index (κ2) is 26.1. The van der Waals surface area contributed by atoms with Gasteiger partial charge in [-0.2, -0.15) is 0 Å². The molecule has 0 radical (unpaired) electrons. The molecule has 11 fully saturated rings. The molecule has 0 aromatic heterocycles. The molecule has 0 spiro atoms. The van der Waals surface area contributed by atoms with Crippen LogP contribution in [0.25, 0.3) is 0 Å². The lowest BCUT2D eigenvalue weighted by Crippen LogP contribution is -2.60. The molecule has 8 bridgehead atoms. The molecular weight excluding hydrogens is 993 g/mol. The van der Waals surface area contributed by atoms with Crippen molar-refractivity contribution < 1.29 is 52.8 Å². The number of hydrogen-bond donors (Lipinski definition) is 1. The maximum atomic E-state index is 12.1. The Balaban J connectivity index is 0.000000183. The topological polar surface area (TPSA) is 152 Å². The highest BCUT2D eigenvalue weighted by atomic mass is 16.6. The minimum atomic E-state index is -0.570. The fraction of sp³-hybridized carbons (Fsp3) is 0.779. The average Bonchev–Trinajstić information content (AvgIpc) is 4.17. The molecule has 3 unspecified atom stereocenters. The lowest BCUT2D eigenvalue weighted by atomic mass is 9.45. The number of carbonyl (C=O) groups is 5. The van der Waals surface area contributed by atoms with Crippen LogP contribution in [0.5, 0.6) is 0 Å². The van der Waals surface area contributed by atoms with Gasteiger partial charge in [0.15, 0.2) is 0 Å². The second-order valence-electron chi connectivity index (χ2n) is 28.6. The Labute approximate surface area is 478 Å². The van der Waals surface area contributed by atoms with Crippen molar-refractivity contribution in [2.24, 2.45) is 46.3 Å². The summed E-state index contributed by atoms with van der Waals surface area (Å²) in [6.07, 6.45) is 28.4. The highest BCUT2D eigenvalue weighted by molar-refractivity contribution is 5.89. The van der Waals surface area contributed by atoms with Crippen LogP contribution in [0.1, 0.15) is 257 Å². The first kappa shape index (κ1) is 65.8. The normalized spacial score (nSPS) is 31.1. The van der Waals surface area contributed by atoms with E-state index in [1.165, 1.54) is 70.6 Å². The Morgan fingerprint density at radius 3 is 1.27 bits per heavy atom. The summed E-state index contributed by atoms with van der Waals surface area (Å²) in [5.41, 5.74) is 0.780. The average molecular weight is 1100 g/mol. The Bertz CT molecular complexity index is 2200. The van der Waals surface area contributed by atoms with Crippen LogP contribution in [-0.2, 0) is 47.7 Å². The molecule has 0 heterocycles. The van der Waals surface area contributed by atoms with E-state index in [1.54, 1.807) is 34.6 Å². The quantitative estimate of drug-likeness (QED) is 0.101. The summed E-state index contributed by atoms with van der Waals surface area (Å²) in [6, 6.07) is 0. The second-order valence-corrected chi connectivity index (χ2v) is 28.6. The summed E-state index contributed by atoms with van der Waals surface area (Å²) in [5, 5.41) is 10.5. The van der Waals surface area contributed by atoms with E-state index in [0.29, 0.717) is 52.0 Å². The van der Waals surface area contributed by atoms with E-state index < -0.39 is 11.2 Å². The van der Waals surface area contributed by atoms with Gasteiger partial charge in [-0.25, -0.2) is 24.0 Å². The van der Waals surface area contributed by atoms with E-state index in [-0.39, 0.29) is 63.1 Å². The van der Waals surface area contributed by atoms with Gasteiger partial charge < -0.3 is 28.8 Å². The number of esters is 5. The molecule has 11 aliphatic carbocycles. The van der Waals surface area contributed by atoms with Crippen molar-refractivity contribution in [2.45, 2.75) is 291 Å². The van der Waals surface area contributed by atoms with E-state index in [4.69, 9.17) is 23.7 Å². The van der Waals surface area contributed by atoms with Crippen molar-refractivity contribution >= 4 is 29.8 Å². The van der Waals surface area contributed by atoms with E-state index in [0.717, 1.165) is 108 Å². The van der Waals surface area contributed by atoms with Crippen LogP contribution in [0.15, 0.2) is 60.8 Å². The Kier molecular flexibility index (Phi) is 21.7. The van der Waals surface area contributed by atoms with Gasteiger partial charge in [0.05, 0.1) is 5.60 Å². The molecule has 79 heavy (non-hydrogen) atoms. The predicted octanol–water partition coefficient (Wildman–Crippen LogP) is 16.0. The molecule has 11 saturated carbocycles. The van der Waals surface area contributed by atoms with Crippen molar-refractivity contribution in [3.8, 4) is 0 Å². The Morgan fingerprint density at radius 1 is 0.506 bits per heavy atom.